The highest BCUT2D eigenvalue weighted by molar-refractivity contribution is 5.82. The lowest BCUT2D eigenvalue weighted by atomic mass is 10.1. The molecular weight excluding hydrogens is 290 g/mol. The van der Waals surface area contributed by atoms with Crippen LogP contribution in [0.3, 0.4) is 0 Å². The molecular formula is C19H19NO3. The molecule has 0 saturated heterocycles. The van der Waals surface area contributed by atoms with Crippen molar-refractivity contribution in [2.24, 2.45) is 0 Å². The van der Waals surface area contributed by atoms with Gasteiger partial charge in [-0.15, -0.1) is 0 Å². The van der Waals surface area contributed by atoms with Gasteiger partial charge in [0.2, 0.25) is 0 Å². The van der Waals surface area contributed by atoms with Crippen molar-refractivity contribution in [2.45, 2.75) is 12.6 Å². The minimum Gasteiger partial charge on any atom is -0.504 e. The first-order valence-corrected chi connectivity index (χ1v) is 7.52. The molecule has 3 rings (SSSR count). The average molecular weight is 309 g/mol. The Balaban J connectivity index is 1.60. The molecule has 0 saturated carbocycles. The van der Waals surface area contributed by atoms with Crippen molar-refractivity contribution in [2.75, 3.05) is 6.54 Å². The quantitative estimate of drug-likeness (QED) is 0.547. The molecule has 0 aliphatic carbocycles. The first kappa shape index (κ1) is 15.3. The summed E-state index contributed by atoms with van der Waals surface area (Å²) in [5.74, 6) is -0.416. The predicted octanol–water partition coefficient (Wildman–Crippen LogP) is 3.07. The lowest BCUT2D eigenvalue weighted by molar-refractivity contribution is 0.174. The molecule has 3 aromatic carbocycles. The first-order chi connectivity index (χ1) is 11.1. The van der Waals surface area contributed by atoms with Crippen LogP contribution in [-0.4, -0.2) is 21.9 Å². The number of nitrogens with one attached hydrogen (secondary N) is 1. The highest BCUT2D eigenvalue weighted by atomic mass is 16.3. The van der Waals surface area contributed by atoms with Crippen LogP contribution in [0.2, 0.25) is 0 Å². The summed E-state index contributed by atoms with van der Waals surface area (Å²) in [5, 5.41) is 34.5. The molecule has 4 N–H and O–H groups in total. The summed E-state index contributed by atoms with van der Waals surface area (Å²) in [6, 6.07) is 18.8. The van der Waals surface area contributed by atoms with E-state index in [1.165, 1.54) is 22.9 Å². The summed E-state index contributed by atoms with van der Waals surface area (Å²) in [6.07, 6.45) is -0.748. The zero-order chi connectivity index (χ0) is 16.2. The zero-order valence-corrected chi connectivity index (χ0v) is 12.6. The van der Waals surface area contributed by atoms with E-state index in [1.807, 2.05) is 12.1 Å². The fraction of sp³-hybridized carbons (Fsp3) is 0.158. The topological polar surface area (TPSA) is 72.7 Å². The summed E-state index contributed by atoms with van der Waals surface area (Å²) in [6.45, 7) is 1.00. The van der Waals surface area contributed by atoms with Gasteiger partial charge in [-0.05, 0) is 40.1 Å². The Morgan fingerprint density at radius 2 is 1.61 bits per heavy atom. The third-order valence-electron chi connectivity index (χ3n) is 3.86. The number of phenols is 2. The van der Waals surface area contributed by atoms with Gasteiger partial charge in [0, 0.05) is 13.1 Å². The molecule has 0 amide bonds. The van der Waals surface area contributed by atoms with E-state index in [9.17, 15) is 15.3 Å². The second-order valence-electron chi connectivity index (χ2n) is 5.58. The van der Waals surface area contributed by atoms with E-state index in [0.29, 0.717) is 18.7 Å². The van der Waals surface area contributed by atoms with Gasteiger partial charge in [0.05, 0.1) is 6.10 Å². The van der Waals surface area contributed by atoms with Crippen molar-refractivity contribution in [1.29, 1.82) is 0 Å². The van der Waals surface area contributed by atoms with Crippen molar-refractivity contribution in [3.63, 3.8) is 0 Å². The Morgan fingerprint density at radius 1 is 0.826 bits per heavy atom. The van der Waals surface area contributed by atoms with E-state index < -0.39 is 6.10 Å². The zero-order valence-electron chi connectivity index (χ0n) is 12.6. The second-order valence-corrected chi connectivity index (χ2v) is 5.58. The van der Waals surface area contributed by atoms with Gasteiger partial charge in [0.25, 0.3) is 0 Å². The highest BCUT2D eigenvalue weighted by Gasteiger charge is 2.09. The maximum absolute atomic E-state index is 10.1. The molecule has 0 radical (unpaired) electrons. The van der Waals surface area contributed by atoms with Crippen molar-refractivity contribution in [3.05, 3.63) is 71.8 Å². The molecule has 4 nitrogen and oxygen atoms in total. The molecule has 0 aromatic heterocycles. The molecule has 1 atom stereocenters. The lowest BCUT2D eigenvalue weighted by Crippen LogP contribution is -2.21. The molecule has 0 heterocycles. The maximum Gasteiger partial charge on any atom is 0.157 e. The number of rotatable bonds is 5. The van der Waals surface area contributed by atoms with Gasteiger partial charge < -0.3 is 20.6 Å². The fourth-order valence-electron chi connectivity index (χ4n) is 2.57. The van der Waals surface area contributed by atoms with Crippen LogP contribution < -0.4 is 5.32 Å². The van der Waals surface area contributed by atoms with Gasteiger partial charge in [-0.25, -0.2) is 0 Å². The standard InChI is InChI=1S/C19H19NO3/c21-17-8-7-16(10-18(17)22)19(23)12-20-11-13-5-6-14-3-1-2-4-15(14)9-13/h1-10,19-23H,11-12H2/t19-/m0/s1. The molecule has 4 heteroatoms. The van der Waals surface area contributed by atoms with E-state index in [-0.39, 0.29) is 11.5 Å². The van der Waals surface area contributed by atoms with Crippen LogP contribution in [-0.2, 0) is 6.54 Å². The summed E-state index contributed by atoms with van der Waals surface area (Å²) in [7, 11) is 0. The number of hydrogen-bond acceptors (Lipinski definition) is 4. The number of aliphatic hydroxyl groups excluding tert-OH is 1. The van der Waals surface area contributed by atoms with Crippen LogP contribution in [0.1, 0.15) is 17.2 Å². The molecule has 0 aliphatic rings. The van der Waals surface area contributed by atoms with E-state index >= 15 is 0 Å². The van der Waals surface area contributed by atoms with Gasteiger partial charge in [-0.2, -0.15) is 0 Å². The summed E-state index contributed by atoms with van der Waals surface area (Å²) >= 11 is 0. The van der Waals surface area contributed by atoms with Gasteiger partial charge in [0.15, 0.2) is 11.5 Å². The predicted molar refractivity (Wildman–Crippen MR) is 90.4 cm³/mol. The van der Waals surface area contributed by atoms with Crippen molar-refractivity contribution in [1.82, 2.24) is 5.32 Å². The number of aliphatic hydroxyl groups is 1. The SMILES string of the molecule is Oc1ccc([C@@H](O)CNCc2ccc3ccccc3c2)cc1O. The van der Waals surface area contributed by atoms with Crippen LogP contribution in [0.5, 0.6) is 11.5 Å². The van der Waals surface area contributed by atoms with Gasteiger partial charge in [-0.3, -0.25) is 0 Å². The second kappa shape index (κ2) is 6.69. The van der Waals surface area contributed by atoms with Gasteiger partial charge >= 0.3 is 0 Å². The molecule has 23 heavy (non-hydrogen) atoms. The molecule has 118 valence electrons. The smallest absolute Gasteiger partial charge is 0.157 e. The third-order valence-corrected chi connectivity index (χ3v) is 3.86. The Bertz CT molecular complexity index is 817. The normalized spacial score (nSPS) is 12.4. The number of aromatic hydroxyl groups is 2. The Labute approximate surface area is 134 Å². The van der Waals surface area contributed by atoms with Crippen LogP contribution in [0, 0.1) is 0 Å². The van der Waals surface area contributed by atoms with Crippen molar-refractivity contribution >= 4 is 10.8 Å². The number of benzene rings is 3. The highest BCUT2D eigenvalue weighted by Crippen LogP contribution is 2.27. The molecule has 0 bridgehead atoms. The van der Waals surface area contributed by atoms with E-state index in [0.717, 1.165) is 5.56 Å². The van der Waals surface area contributed by atoms with Crippen LogP contribution >= 0.6 is 0 Å². The maximum atomic E-state index is 10.1. The van der Waals surface area contributed by atoms with Gasteiger partial charge in [-0.1, -0.05) is 42.5 Å². The largest absolute Gasteiger partial charge is 0.504 e. The van der Waals surface area contributed by atoms with Crippen molar-refractivity contribution in [3.8, 4) is 11.5 Å². The summed E-state index contributed by atoms with van der Waals surface area (Å²) in [5.41, 5.74) is 1.70. The van der Waals surface area contributed by atoms with Crippen LogP contribution in [0.25, 0.3) is 10.8 Å². The van der Waals surface area contributed by atoms with Gasteiger partial charge in [0.1, 0.15) is 0 Å². The summed E-state index contributed by atoms with van der Waals surface area (Å²) in [4.78, 5) is 0. The first-order valence-electron chi connectivity index (χ1n) is 7.52. The Morgan fingerprint density at radius 3 is 2.39 bits per heavy atom. The average Bonchev–Trinajstić information content (AvgIpc) is 2.57. The minimum atomic E-state index is -0.748. The van der Waals surface area contributed by atoms with Crippen molar-refractivity contribution < 1.29 is 15.3 Å². The number of fused-ring (bicyclic) bond motifs is 1. The molecule has 3 aromatic rings. The minimum absolute atomic E-state index is 0.190. The fourth-order valence-corrected chi connectivity index (χ4v) is 2.57. The number of hydrogen-bond donors (Lipinski definition) is 4. The Kier molecular flexibility index (Phi) is 4.46. The number of phenolic OH excluding ortho intramolecular Hbond substituents is 2. The molecule has 0 unspecified atom stereocenters. The molecule has 0 aliphatic heterocycles. The van der Waals surface area contributed by atoms with E-state index in [4.69, 9.17) is 0 Å². The molecule has 0 spiro atoms. The van der Waals surface area contributed by atoms with E-state index in [2.05, 4.69) is 35.6 Å². The van der Waals surface area contributed by atoms with Crippen LogP contribution in [0.15, 0.2) is 60.7 Å². The third kappa shape index (κ3) is 3.62. The summed E-state index contributed by atoms with van der Waals surface area (Å²) < 4.78 is 0. The van der Waals surface area contributed by atoms with E-state index in [1.54, 1.807) is 6.07 Å². The lowest BCUT2D eigenvalue weighted by Gasteiger charge is -2.13. The molecule has 0 fully saturated rings. The monoisotopic (exact) mass is 309 g/mol. The Hall–Kier alpha value is -2.56. The van der Waals surface area contributed by atoms with Crippen LogP contribution in [0.4, 0.5) is 0 Å².